The van der Waals surface area contributed by atoms with Crippen molar-refractivity contribution in [3.8, 4) is 0 Å². The van der Waals surface area contributed by atoms with Crippen molar-refractivity contribution in [2.45, 2.75) is 20.4 Å². The van der Waals surface area contributed by atoms with Crippen molar-refractivity contribution in [1.82, 2.24) is 15.0 Å². The van der Waals surface area contributed by atoms with E-state index in [1.165, 1.54) is 0 Å². The molecule has 0 aliphatic carbocycles. The Morgan fingerprint density at radius 3 is 2.87 bits per heavy atom. The van der Waals surface area contributed by atoms with Gasteiger partial charge in [0.25, 0.3) is 0 Å². The summed E-state index contributed by atoms with van der Waals surface area (Å²) >= 11 is 0. The molecule has 0 spiro atoms. The van der Waals surface area contributed by atoms with Crippen LogP contribution >= 0.6 is 0 Å². The predicted octanol–water partition coefficient (Wildman–Crippen LogP) is 0.373. The Kier molecular flexibility index (Phi) is 4.23. The van der Waals surface area contributed by atoms with Crippen molar-refractivity contribution < 1.29 is 14.1 Å². The molecule has 0 atom stereocenters. The number of hydrogen-bond acceptors (Lipinski definition) is 6. The second-order valence-corrected chi connectivity index (χ2v) is 3.21. The lowest BCUT2D eigenvalue weighted by Gasteiger charge is -2.12. The van der Waals surface area contributed by atoms with Gasteiger partial charge in [-0.05, 0) is 14.0 Å². The zero-order chi connectivity index (χ0) is 11.3. The number of aromatic nitrogens is 2. The van der Waals surface area contributed by atoms with Crippen molar-refractivity contribution >= 4 is 5.97 Å². The Morgan fingerprint density at radius 1 is 1.60 bits per heavy atom. The minimum atomic E-state index is -0.250. The Balaban J connectivity index is 2.35. The minimum absolute atomic E-state index is 0.224. The monoisotopic (exact) mass is 213 g/mol. The summed E-state index contributed by atoms with van der Waals surface area (Å²) in [7, 11) is 1.79. The van der Waals surface area contributed by atoms with Gasteiger partial charge in [0.1, 0.15) is 0 Å². The van der Waals surface area contributed by atoms with Crippen LogP contribution in [0.4, 0.5) is 0 Å². The van der Waals surface area contributed by atoms with E-state index in [0.29, 0.717) is 24.9 Å². The normalized spacial score (nSPS) is 10.7. The Morgan fingerprint density at radius 2 is 2.33 bits per heavy atom. The van der Waals surface area contributed by atoms with E-state index in [4.69, 9.17) is 9.26 Å². The number of nitrogens with zero attached hydrogens (tertiary/aromatic N) is 3. The third kappa shape index (κ3) is 4.07. The summed E-state index contributed by atoms with van der Waals surface area (Å²) < 4.78 is 9.62. The van der Waals surface area contributed by atoms with Gasteiger partial charge >= 0.3 is 5.97 Å². The zero-order valence-electron chi connectivity index (χ0n) is 9.19. The highest BCUT2D eigenvalue weighted by molar-refractivity contribution is 5.71. The maximum Gasteiger partial charge on any atom is 0.320 e. The second-order valence-electron chi connectivity index (χ2n) is 3.21. The molecule has 1 aromatic heterocycles. The first-order chi connectivity index (χ1) is 7.11. The Hall–Kier alpha value is -1.43. The lowest BCUT2D eigenvalue weighted by Crippen LogP contribution is -2.27. The summed E-state index contributed by atoms with van der Waals surface area (Å²) in [5.41, 5.74) is 0. The fourth-order valence-corrected chi connectivity index (χ4v) is 1.13. The average molecular weight is 213 g/mol. The van der Waals surface area contributed by atoms with Crippen LogP contribution in [0, 0.1) is 6.92 Å². The van der Waals surface area contributed by atoms with E-state index < -0.39 is 0 Å². The van der Waals surface area contributed by atoms with Crippen molar-refractivity contribution in [2.24, 2.45) is 0 Å². The molecule has 0 N–H and O–H groups in total. The van der Waals surface area contributed by atoms with Crippen molar-refractivity contribution in [2.75, 3.05) is 20.2 Å². The molecule has 0 aliphatic heterocycles. The SMILES string of the molecule is CCOC(=O)CN(C)Cc1noc(C)n1. The summed E-state index contributed by atoms with van der Waals surface area (Å²) in [6.07, 6.45) is 0. The summed E-state index contributed by atoms with van der Waals surface area (Å²) in [6, 6.07) is 0. The van der Waals surface area contributed by atoms with Crippen molar-refractivity contribution in [3.63, 3.8) is 0 Å². The summed E-state index contributed by atoms with van der Waals surface area (Å²) in [5, 5.41) is 3.73. The molecule has 0 radical (unpaired) electrons. The number of rotatable bonds is 5. The maximum atomic E-state index is 11.1. The van der Waals surface area contributed by atoms with E-state index in [0.717, 1.165) is 0 Å². The van der Waals surface area contributed by atoms with Crippen LogP contribution < -0.4 is 0 Å². The summed E-state index contributed by atoms with van der Waals surface area (Å²) in [5.74, 6) is 0.842. The van der Waals surface area contributed by atoms with E-state index >= 15 is 0 Å². The maximum absolute atomic E-state index is 11.1. The van der Waals surface area contributed by atoms with E-state index in [9.17, 15) is 4.79 Å². The van der Waals surface area contributed by atoms with Crippen LogP contribution in [0.3, 0.4) is 0 Å². The topological polar surface area (TPSA) is 68.5 Å². The number of esters is 1. The van der Waals surface area contributed by atoms with Gasteiger partial charge < -0.3 is 9.26 Å². The number of carbonyl (C=O) groups excluding carboxylic acids is 1. The van der Waals surface area contributed by atoms with Gasteiger partial charge in [0, 0.05) is 6.92 Å². The van der Waals surface area contributed by atoms with Crippen LogP contribution in [0.5, 0.6) is 0 Å². The highest BCUT2D eigenvalue weighted by Gasteiger charge is 2.10. The van der Waals surface area contributed by atoms with Gasteiger partial charge in [-0.2, -0.15) is 4.98 Å². The zero-order valence-corrected chi connectivity index (χ0v) is 9.19. The standard InChI is InChI=1S/C9H15N3O3/c1-4-14-9(13)6-12(3)5-8-10-7(2)15-11-8/h4-6H2,1-3H3. The predicted molar refractivity (Wildman–Crippen MR) is 52.0 cm³/mol. The number of hydrogen-bond donors (Lipinski definition) is 0. The molecule has 0 amide bonds. The highest BCUT2D eigenvalue weighted by Crippen LogP contribution is 1.99. The molecule has 0 saturated carbocycles. The van der Waals surface area contributed by atoms with Gasteiger partial charge in [0.15, 0.2) is 5.82 Å². The van der Waals surface area contributed by atoms with E-state index in [-0.39, 0.29) is 12.5 Å². The third-order valence-corrected chi connectivity index (χ3v) is 1.69. The molecule has 6 nitrogen and oxygen atoms in total. The summed E-state index contributed by atoms with van der Waals surface area (Å²) in [4.78, 5) is 16.9. The van der Waals surface area contributed by atoms with Crippen LogP contribution in [0.15, 0.2) is 4.52 Å². The van der Waals surface area contributed by atoms with Crippen molar-refractivity contribution in [1.29, 1.82) is 0 Å². The van der Waals surface area contributed by atoms with Gasteiger partial charge in [-0.15, -0.1) is 0 Å². The lowest BCUT2D eigenvalue weighted by molar-refractivity contribution is -0.144. The van der Waals surface area contributed by atoms with E-state index in [1.54, 1.807) is 25.8 Å². The van der Waals surface area contributed by atoms with Crippen LogP contribution in [0.1, 0.15) is 18.6 Å². The van der Waals surface area contributed by atoms with Gasteiger partial charge in [-0.25, -0.2) is 0 Å². The van der Waals surface area contributed by atoms with Crippen LogP contribution in [0.25, 0.3) is 0 Å². The number of carbonyl (C=O) groups is 1. The molecule has 6 heteroatoms. The Labute approximate surface area is 88.2 Å². The van der Waals surface area contributed by atoms with Crippen LogP contribution in [-0.2, 0) is 16.1 Å². The molecule has 1 rings (SSSR count). The number of likely N-dealkylation sites (N-methyl/N-ethyl adjacent to an activating group) is 1. The van der Waals surface area contributed by atoms with Gasteiger partial charge in [-0.3, -0.25) is 9.69 Å². The molecule has 0 fully saturated rings. The second kappa shape index (κ2) is 5.45. The van der Waals surface area contributed by atoms with E-state index in [2.05, 4.69) is 10.1 Å². The minimum Gasteiger partial charge on any atom is -0.465 e. The molecule has 0 unspecified atom stereocenters. The number of ether oxygens (including phenoxy) is 1. The average Bonchev–Trinajstić information content (AvgIpc) is 2.51. The highest BCUT2D eigenvalue weighted by atomic mass is 16.5. The molecule has 0 aliphatic rings. The molecule has 15 heavy (non-hydrogen) atoms. The Bertz CT molecular complexity index is 324. The fraction of sp³-hybridized carbons (Fsp3) is 0.667. The molecule has 84 valence electrons. The number of aryl methyl sites for hydroxylation is 1. The first-order valence-electron chi connectivity index (χ1n) is 4.75. The fourth-order valence-electron chi connectivity index (χ4n) is 1.13. The third-order valence-electron chi connectivity index (χ3n) is 1.69. The smallest absolute Gasteiger partial charge is 0.320 e. The van der Waals surface area contributed by atoms with Gasteiger partial charge in [0.2, 0.25) is 5.89 Å². The largest absolute Gasteiger partial charge is 0.465 e. The first kappa shape index (κ1) is 11.6. The first-order valence-corrected chi connectivity index (χ1v) is 4.75. The summed E-state index contributed by atoms with van der Waals surface area (Å²) in [6.45, 7) is 4.59. The molecule has 1 aromatic rings. The molecule has 0 saturated heterocycles. The quantitative estimate of drug-likeness (QED) is 0.658. The van der Waals surface area contributed by atoms with Crippen molar-refractivity contribution in [3.05, 3.63) is 11.7 Å². The molecular formula is C9H15N3O3. The molecule has 1 heterocycles. The van der Waals surface area contributed by atoms with E-state index in [1.807, 2.05) is 0 Å². The van der Waals surface area contributed by atoms with Gasteiger partial charge in [0.05, 0.1) is 19.7 Å². The van der Waals surface area contributed by atoms with Gasteiger partial charge in [-0.1, -0.05) is 5.16 Å². The van der Waals surface area contributed by atoms with Crippen LogP contribution in [-0.4, -0.2) is 41.2 Å². The lowest BCUT2D eigenvalue weighted by atomic mass is 10.5. The molecule has 0 aromatic carbocycles. The molecular weight excluding hydrogens is 198 g/mol. The molecule has 0 bridgehead atoms. The van der Waals surface area contributed by atoms with Crippen LogP contribution in [0.2, 0.25) is 0 Å².